The van der Waals surface area contributed by atoms with Crippen molar-refractivity contribution >= 4 is 0 Å². The SMILES string of the molecule is CCNCC(CC)Cc1ccc(OC(F)(F)F)cc1. The van der Waals surface area contributed by atoms with Crippen LogP contribution < -0.4 is 10.1 Å². The zero-order chi connectivity index (χ0) is 14.3. The molecule has 0 spiro atoms. The van der Waals surface area contributed by atoms with Crippen LogP contribution in [0.15, 0.2) is 24.3 Å². The summed E-state index contributed by atoms with van der Waals surface area (Å²) in [5.41, 5.74) is 1.03. The molecule has 5 heteroatoms. The molecular weight excluding hydrogens is 255 g/mol. The summed E-state index contributed by atoms with van der Waals surface area (Å²) < 4.78 is 39.9. The minimum atomic E-state index is -4.63. The van der Waals surface area contributed by atoms with E-state index in [1.807, 2.05) is 0 Å². The van der Waals surface area contributed by atoms with Gasteiger partial charge in [-0.05, 0) is 43.1 Å². The third-order valence-corrected chi connectivity index (χ3v) is 2.94. The lowest BCUT2D eigenvalue weighted by molar-refractivity contribution is -0.274. The number of nitrogens with one attached hydrogen (secondary N) is 1. The molecule has 0 saturated heterocycles. The number of rotatable bonds is 7. The molecule has 0 heterocycles. The Hall–Kier alpha value is -1.23. The largest absolute Gasteiger partial charge is 0.573 e. The summed E-state index contributed by atoms with van der Waals surface area (Å²) in [4.78, 5) is 0. The van der Waals surface area contributed by atoms with E-state index in [0.29, 0.717) is 5.92 Å². The fourth-order valence-corrected chi connectivity index (χ4v) is 1.87. The molecule has 2 nitrogen and oxygen atoms in total. The maximum Gasteiger partial charge on any atom is 0.573 e. The predicted molar refractivity (Wildman–Crippen MR) is 69.2 cm³/mol. The van der Waals surface area contributed by atoms with Gasteiger partial charge in [0.2, 0.25) is 0 Å². The summed E-state index contributed by atoms with van der Waals surface area (Å²) >= 11 is 0. The van der Waals surface area contributed by atoms with E-state index >= 15 is 0 Å². The van der Waals surface area contributed by atoms with Crippen LogP contribution in [-0.2, 0) is 6.42 Å². The van der Waals surface area contributed by atoms with E-state index < -0.39 is 6.36 Å². The van der Waals surface area contributed by atoms with Gasteiger partial charge in [0.1, 0.15) is 5.75 Å². The summed E-state index contributed by atoms with van der Waals surface area (Å²) in [5.74, 6) is 0.324. The van der Waals surface area contributed by atoms with Crippen molar-refractivity contribution in [2.45, 2.75) is 33.1 Å². The van der Waals surface area contributed by atoms with E-state index in [-0.39, 0.29) is 5.75 Å². The molecule has 1 aromatic rings. The van der Waals surface area contributed by atoms with Crippen LogP contribution in [0.1, 0.15) is 25.8 Å². The van der Waals surface area contributed by atoms with E-state index in [4.69, 9.17) is 0 Å². The minimum Gasteiger partial charge on any atom is -0.406 e. The third-order valence-electron chi connectivity index (χ3n) is 2.94. The maximum absolute atomic E-state index is 12.0. The second-order valence-corrected chi connectivity index (χ2v) is 4.48. The lowest BCUT2D eigenvalue weighted by atomic mass is 9.97. The Bertz CT molecular complexity index is 362. The minimum absolute atomic E-state index is 0.170. The van der Waals surface area contributed by atoms with Crippen LogP contribution in [-0.4, -0.2) is 19.5 Å². The standard InChI is InChI=1S/C14H20F3NO/c1-3-11(10-18-4-2)9-12-5-7-13(8-6-12)19-14(15,16)17/h5-8,11,18H,3-4,9-10H2,1-2H3. The van der Waals surface area contributed by atoms with Crippen LogP contribution >= 0.6 is 0 Å². The number of halogens is 3. The molecule has 0 saturated carbocycles. The summed E-state index contributed by atoms with van der Waals surface area (Å²) in [6, 6.07) is 6.11. The molecule has 19 heavy (non-hydrogen) atoms. The number of hydrogen-bond donors (Lipinski definition) is 1. The Balaban J connectivity index is 2.55. The van der Waals surface area contributed by atoms with Gasteiger partial charge in [0, 0.05) is 0 Å². The van der Waals surface area contributed by atoms with Crippen molar-refractivity contribution in [3.05, 3.63) is 29.8 Å². The fraction of sp³-hybridized carbons (Fsp3) is 0.571. The molecule has 0 bridgehead atoms. The Kier molecular flexibility index (Phi) is 6.15. The number of hydrogen-bond acceptors (Lipinski definition) is 2. The molecule has 0 aliphatic carbocycles. The molecule has 0 radical (unpaired) electrons. The molecule has 0 fully saturated rings. The van der Waals surface area contributed by atoms with Crippen LogP contribution in [0.3, 0.4) is 0 Å². The van der Waals surface area contributed by atoms with Gasteiger partial charge in [0.25, 0.3) is 0 Å². The first-order valence-electron chi connectivity index (χ1n) is 6.50. The molecule has 1 atom stereocenters. The lowest BCUT2D eigenvalue weighted by Gasteiger charge is -2.15. The average Bonchev–Trinajstić information content (AvgIpc) is 2.34. The third kappa shape index (κ3) is 6.47. The van der Waals surface area contributed by atoms with E-state index in [0.717, 1.165) is 31.5 Å². The first-order valence-corrected chi connectivity index (χ1v) is 6.50. The van der Waals surface area contributed by atoms with Gasteiger partial charge in [-0.25, -0.2) is 0 Å². The number of benzene rings is 1. The van der Waals surface area contributed by atoms with Crippen LogP contribution in [0, 0.1) is 5.92 Å². The summed E-state index contributed by atoms with van der Waals surface area (Å²) in [6.45, 7) is 6.02. The monoisotopic (exact) mass is 275 g/mol. The smallest absolute Gasteiger partial charge is 0.406 e. The fourth-order valence-electron chi connectivity index (χ4n) is 1.87. The average molecular weight is 275 g/mol. The van der Waals surface area contributed by atoms with Crippen molar-refractivity contribution in [2.24, 2.45) is 5.92 Å². The number of ether oxygens (including phenoxy) is 1. The van der Waals surface area contributed by atoms with Gasteiger partial charge in [-0.2, -0.15) is 0 Å². The van der Waals surface area contributed by atoms with Crippen LogP contribution in [0.25, 0.3) is 0 Å². The topological polar surface area (TPSA) is 21.3 Å². The van der Waals surface area contributed by atoms with Crippen molar-refractivity contribution in [2.75, 3.05) is 13.1 Å². The van der Waals surface area contributed by atoms with Gasteiger partial charge in [-0.1, -0.05) is 32.4 Å². The molecular formula is C14H20F3NO. The molecule has 1 rings (SSSR count). The van der Waals surface area contributed by atoms with Crippen LogP contribution in [0.4, 0.5) is 13.2 Å². The normalized spacial score (nSPS) is 13.3. The lowest BCUT2D eigenvalue weighted by Crippen LogP contribution is -2.23. The molecule has 0 aromatic heterocycles. The molecule has 1 aromatic carbocycles. The van der Waals surface area contributed by atoms with Crippen LogP contribution in [0.5, 0.6) is 5.75 Å². The molecule has 1 N–H and O–H groups in total. The van der Waals surface area contributed by atoms with Crippen molar-refractivity contribution < 1.29 is 17.9 Å². The second kappa shape index (κ2) is 7.38. The predicted octanol–water partition coefficient (Wildman–Crippen LogP) is 3.76. The van der Waals surface area contributed by atoms with Gasteiger partial charge in [0.15, 0.2) is 0 Å². The van der Waals surface area contributed by atoms with Crippen molar-refractivity contribution in [3.8, 4) is 5.75 Å². The van der Waals surface area contributed by atoms with Gasteiger partial charge in [0.05, 0.1) is 0 Å². The van der Waals surface area contributed by atoms with E-state index in [1.165, 1.54) is 12.1 Å². The van der Waals surface area contributed by atoms with Crippen molar-refractivity contribution in [3.63, 3.8) is 0 Å². The van der Waals surface area contributed by atoms with Gasteiger partial charge in [-0.15, -0.1) is 13.2 Å². The Morgan fingerprint density at radius 2 is 1.79 bits per heavy atom. The summed E-state index contributed by atoms with van der Waals surface area (Å²) in [7, 11) is 0. The molecule has 1 unspecified atom stereocenters. The summed E-state index contributed by atoms with van der Waals surface area (Å²) in [5, 5.41) is 3.29. The highest BCUT2D eigenvalue weighted by atomic mass is 19.4. The zero-order valence-electron chi connectivity index (χ0n) is 11.3. The zero-order valence-corrected chi connectivity index (χ0v) is 11.3. The highest BCUT2D eigenvalue weighted by Crippen LogP contribution is 2.23. The first-order chi connectivity index (χ1) is 8.94. The highest BCUT2D eigenvalue weighted by Gasteiger charge is 2.30. The molecule has 108 valence electrons. The maximum atomic E-state index is 12.0. The van der Waals surface area contributed by atoms with Gasteiger partial charge >= 0.3 is 6.36 Å². The van der Waals surface area contributed by atoms with Crippen LogP contribution in [0.2, 0.25) is 0 Å². The molecule has 0 aliphatic heterocycles. The van der Waals surface area contributed by atoms with Crippen molar-refractivity contribution in [1.82, 2.24) is 5.32 Å². The quantitative estimate of drug-likeness (QED) is 0.818. The van der Waals surface area contributed by atoms with E-state index in [2.05, 4.69) is 23.9 Å². The first kappa shape index (κ1) is 15.8. The Morgan fingerprint density at radius 3 is 2.26 bits per heavy atom. The molecule has 0 amide bonds. The number of alkyl halides is 3. The van der Waals surface area contributed by atoms with E-state index in [9.17, 15) is 13.2 Å². The summed E-state index contributed by atoms with van der Waals surface area (Å²) in [6.07, 6.45) is -2.73. The van der Waals surface area contributed by atoms with E-state index in [1.54, 1.807) is 12.1 Å². The van der Waals surface area contributed by atoms with Gasteiger partial charge in [-0.3, -0.25) is 0 Å². The highest BCUT2D eigenvalue weighted by molar-refractivity contribution is 5.27. The van der Waals surface area contributed by atoms with Crippen molar-refractivity contribution in [1.29, 1.82) is 0 Å². The Morgan fingerprint density at radius 1 is 1.16 bits per heavy atom. The molecule has 0 aliphatic rings. The van der Waals surface area contributed by atoms with Gasteiger partial charge < -0.3 is 10.1 Å². The Labute approximate surface area is 112 Å². The second-order valence-electron chi connectivity index (χ2n) is 4.48.